The predicted octanol–water partition coefficient (Wildman–Crippen LogP) is 2.88. The van der Waals surface area contributed by atoms with Crippen molar-refractivity contribution in [3.63, 3.8) is 0 Å². The van der Waals surface area contributed by atoms with Crippen molar-refractivity contribution >= 4 is 24.0 Å². The van der Waals surface area contributed by atoms with Gasteiger partial charge in [0.1, 0.15) is 5.54 Å². The number of hydrogen-bond acceptors (Lipinski definition) is 3. The maximum Gasteiger partial charge on any atom is 0.246 e. The van der Waals surface area contributed by atoms with Crippen LogP contribution in [0.25, 0.3) is 0 Å². The van der Waals surface area contributed by atoms with Gasteiger partial charge in [0.15, 0.2) is 0 Å². The third kappa shape index (κ3) is 4.00. The summed E-state index contributed by atoms with van der Waals surface area (Å²) in [5.41, 5.74) is 7.71. The van der Waals surface area contributed by atoms with Crippen molar-refractivity contribution in [1.29, 1.82) is 0 Å². The van der Waals surface area contributed by atoms with Crippen molar-refractivity contribution in [2.45, 2.75) is 44.6 Å². The monoisotopic (exact) mass is 326 g/mol. The van der Waals surface area contributed by atoms with Gasteiger partial charge in [0.25, 0.3) is 0 Å². The van der Waals surface area contributed by atoms with Crippen molar-refractivity contribution < 1.29 is 9.53 Å². The molecule has 0 radical (unpaired) electrons. The molecule has 0 spiro atoms. The SMILES string of the molecule is CN(C(=O)C1(N)CCOCC1)c1ccc(C(C)(C)C)cc1.Cl. The summed E-state index contributed by atoms with van der Waals surface area (Å²) in [6.07, 6.45) is 1.16. The largest absolute Gasteiger partial charge is 0.381 e. The first-order chi connectivity index (χ1) is 9.74. The van der Waals surface area contributed by atoms with Crippen LogP contribution in [0.1, 0.15) is 39.2 Å². The Bertz CT molecular complexity index is 502. The van der Waals surface area contributed by atoms with E-state index in [0.717, 1.165) is 5.69 Å². The van der Waals surface area contributed by atoms with Gasteiger partial charge < -0.3 is 15.4 Å². The molecule has 22 heavy (non-hydrogen) atoms. The van der Waals surface area contributed by atoms with Gasteiger partial charge in [-0.1, -0.05) is 32.9 Å². The maximum absolute atomic E-state index is 12.6. The molecule has 2 rings (SSSR count). The number of benzene rings is 1. The molecule has 1 heterocycles. The Morgan fingerprint density at radius 1 is 1.18 bits per heavy atom. The highest BCUT2D eigenvalue weighted by molar-refractivity contribution is 5.99. The van der Waals surface area contributed by atoms with E-state index in [-0.39, 0.29) is 23.7 Å². The number of carbonyl (C=O) groups is 1. The highest BCUT2D eigenvalue weighted by atomic mass is 35.5. The summed E-state index contributed by atoms with van der Waals surface area (Å²) >= 11 is 0. The number of carbonyl (C=O) groups excluding carboxylic acids is 1. The molecule has 0 saturated carbocycles. The van der Waals surface area contributed by atoms with Gasteiger partial charge in [-0.2, -0.15) is 0 Å². The predicted molar refractivity (Wildman–Crippen MR) is 92.8 cm³/mol. The van der Waals surface area contributed by atoms with Gasteiger partial charge in [-0.3, -0.25) is 4.79 Å². The molecular weight excluding hydrogens is 300 g/mol. The van der Waals surface area contributed by atoms with Crippen LogP contribution in [0.15, 0.2) is 24.3 Å². The average Bonchev–Trinajstić information content (AvgIpc) is 2.46. The van der Waals surface area contributed by atoms with Crippen molar-refractivity contribution in [1.82, 2.24) is 0 Å². The van der Waals surface area contributed by atoms with E-state index < -0.39 is 5.54 Å². The summed E-state index contributed by atoms with van der Waals surface area (Å²) in [4.78, 5) is 14.3. The van der Waals surface area contributed by atoms with E-state index in [1.54, 1.807) is 11.9 Å². The second kappa shape index (κ2) is 6.99. The van der Waals surface area contributed by atoms with Gasteiger partial charge in [0.2, 0.25) is 5.91 Å². The smallest absolute Gasteiger partial charge is 0.246 e. The zero-order valence-corrected chi connectivity index (χ0v) is 14.7. The van der Waals surface area contributed by atoms with Crippen LogP contribution in [-0.4, -0.2) is 31.7 Å². The summed E-state index contributed by atoms with van der Waals surface area (Å²) in [6, 6.07) is 8.13. The zero-order chi connectivity index (χ0) is 15.7. The van der Waals surface area contributed by atoms with Gasteiger partial charge >= 0.3 is 0 Å². The molecule has 0 atom stereocenters. The van der Waals surface area contributed by atoms with E-state index in [0.29, 0.717) is 26.1 Å². The van der Waals surface area contributed by atoms with Crippen molar-refractivity contribution in [3.8, 4) is 0 Å². The molecule has 0 bridgehead atoms. The first kappa shape index (κ1) is 18.9. The molecular formula is C17H27ClN2O2. The first-order valence-corrected chi connectivity index (χ1v) is 7.49. The lowest BCUT2D eigenvalue weighted by Crippen LogP contribution is -2.57. The topological polar surface area (TPSA) is 55.6 Å². The highest BCUT2D eigenvalue weighted by Crippen LogP contribution is 2.27. The molecule has 124 valence electrons. The van der Waals surface area contributed by atoms with Gasteiger partial charge in [-0.15, -0.1) is 12.4 Å². The fourth-order valence-corrected chi connectivity index (χ4v) is 2.59. The Balaban J connectivity index is 0.00000242. The van der Waals surface area contributed by atoms with Crippen LogP contribution in [0.2, 0.25) is 0 Å². The van der Waals surface area contributed by atoms with E-state index in [1.165, 1.54) is 5.56 Å². The third-order valence-corrected chi connectivity index (χ3v) is 4.24. The van der Waals surface area contributed by atoms with Crippen LogP contribution in [-0.2, 0) is 14.9 Å². The molecule has 1 fully saturated rings. The molecule has 0 unspecified atom stereocenters. The Morgan fingerprint density at radius 2 is 1.68 bits per heavy atom. The number of amides is 1. The number of nitrogens with two attached hydrogens (primary N) is 1. The van der Waals surface area contributed by atoms with Gasteiger partial charge in [0, 0.05) is 25.9 Å². The lowest BCUT2D eigenvalue weighted by Gasteiger charge is -2.35. The number of halogens is 1. The number of rotatable bonds is 2. The van der Waals surface area contributed by atoms with Crippen LogP contribution < -0.4 is 10.6 Å². The van der Waals surface area contributed by atoms with E-state index in [4.69, 9.17) is 10.5 Å². The standard InChI is InChI=1S/C17H26N2O2.ClH/c1-16(2,3)13-5-7-14(8-6-13)19(4)15(20)17(18)9-11-21-12-10-17;/h5-8H,9-12,18H2,1-4H3;1H. The van der Waals surface area contributed by atoms with E-state index >= 15 is 0 Å². The van der Waals surface area contributed by atoms with Crippen molar-refractivity contribution in [3.05, 3.63) is 29.8 Å². The minimum Gasteiger partial charge on any atom is -0.381 e. The summed E-state index contributed by atoms with van der Waals surface area (Å²) in [6.45, 7) is 7.63. The number of ether oxygens (including phenoxy) is 1. The Kier molecular flexibility index (Phi) is 6.02. The Morgan fingerprint density at radius 3 is 2.14 bits per heavy atom. The molecule has 1 aliphatic rings. The fraction of sp³-hybridized carbons (Fsp3) is 0.588. The molecule has 2 N–H and O–H groups in total. The minimum absolute atomic E-state index is 0. The summed E-state index contributed by atoms with van der Waals surface area (Å²) < 4.78 is 5.30. The average molecular weight is 327 g/mol. The fourth-order valence-electron chi connectivity index (χ4n) is 2.59. The quantitative estimate of drug-likeness (QED) is 0.909. The number of anilines is 1. The van der Waals surface area contributed by atoms with E-state index in [9.17, 15) is 4.79 Å². The normalized spacial score (nSPS) is 17.5. The van der Waals surface area contributed by atoms with Crippen molar-refractivity contribution in [2.75, 3.05) is 25.2 Å². The second-order valence-corrected chi connectivity index (χ2v) is 6.93. The number of nitrogens with zero attached hydrogens (tertiary/aromatic N) is 1. The van der Waals surface area contributed by atoms with Gasteiger partial charge in [-0.05, 0) is 36.0 Å². The van der Waals surface area contributed by atoms with Crippen LogP contribution in [0.5, 0.6) is 0 Å². The lowest BCUT2D eigenvalue weighted by molar-refractivity contribution is -0.126. The minimum atomic E-state index is -0.796. The lowest BCUT2D eigenvalue weighted by atomic mass is 9.87. The third-order valence-electron chi connectivity index (χ3n) is 4.24. The van der Waals surface area contributed by atoms with Crippen LogP contribution in [0.4, 0.5) is 5.69 Å². The molecule has 1 aromatic carbocycles. The molecule has 5 heteroatoms. The summed E-state index contributed by atoms with van der Waals surface area (Å²) in [5.74, 6) is -0.0330. The van der Waals surface area contributed by atoms with Crippen molar-refractivity contribution in [2.24, 2.45) is 5.73 Å². The van der Waals surface area contributed by atoms with Crippen LogP contribution in [0, 0.1) is 0 Å². The second-order valence-electron chi connectivity index (χ2n) is 6.93. The zero-order valence-electron chi connectivity index (χ0n) is 13.9. The Labute approximate surface area is 139 Å². The number of hydrogen-bond donors (Lipinski definition) is 1. The maximum atomic E-state index is 12.6. The summed E-state index contributed by atoms with van der Waals surface area (Å²) in [5, 5.41) is 0. The van der Waals surface area contributed by atoms with Crippen LogP contribution in [0.3, 0.4) is 0 Å². The van der Waals surface area contributed by atoms with E-state index in [2.05, 4.69) is 32.9 Å². The molecule has 0 aliphatic carbocycles. The molecule has 0 aromatic heterocycles. The molecule has 1 saturated heterocycles. The number of likely N-dealkylation sites (N-methyl/N-ethyl adjacent to an activating group) is 1. The van der Waals surface area contributed by atoms with Gasteiger partial charge in [0.05, 0.1) is 0 Å². The van der Waals surface area contributed by atoms with Gasteiger partial charge in [-0.25, -0.2) is 0 Å². The molecule has 4 nitrogen and oxygen atoms in total. The molecule has 1 aromatic rings. The van der Waals surface area contributed by atoms with E-state index in [1.807, 2.05) is 12.1 Å². The Hall–Kier alpha value is -1.10. The first-order valence-electron chi connectivity index (χ1n) is 7.49. The molecule has 1 amide bonds. The van der Waals surface area contributed by atoms with Crippen LogP contribution >= 0.6 is 12.4 Å². The molecule has 1 aliphatic heterocycles. The summed E-state index contributed by atoms with van der Waals surface area (Å²) in [7, 11) is 1.79. The highest BCUT2D eigenvalue weighted by Gasteiger charge is 2.38.